The summed E-state index contributed by atoms with van der Waals surface area (Å²) in [5.41, 5.74) is 3.65. The molecule has 3 heteroatoms. The van der Waals surface area contributed by atoms with Gasteiger partial charge in [0.05, 0.1) is 6.61 Å². The van der Waals surface area contributed by atoms with Gasteiger partial charge in [0.25, 0.3) is 0 Å². The smallest absolute Gasteiger partial charge is 0.216 e. The summed E-state index contributed by atoms with van der Waals surface area (Å²) in [6, 6.07) is 0. The van der Waals surface area contributed by atoms with Gasteiger partial charge in [-0.25, -0.2) is 0 Å². The highest BCUT2D eigenvalue weighted by molar-refractivity contribution is 5.72. The van der Waals surface area contributed by atoms with Gasteiger partial charge < -0.3 is 10.1 Å². The van der Waals surface area contributed by atoms with Gasteiger partial charge in [-0.05, 0) is 50.0 Å². The maximum absolute atomic E-state index is 10.9. The minimum atomic E-state index is 0.0627. The summed E-state index contributed by atoms with van der Waals surface area (Å²) < 4.78 is 5.70. The predicted octanol–water partition coefficient (Wildman–Crippen LogP) is 3.19. The summed E-state index contributed by atoms with van der Waals surface area (Å²) in [5, 5.41) is 2.90. The molecule has 19 heavy (non-hydrogen) atoms. The molecule has 1 N–H and O–H groups in total. The van der Waals surface area contributed by atoms with Crippen molar-refractivity contribution in [2.45, 2.75) is 39.5 Å². The van der Waals surface area contributed by atoms with Gasteiger partial charge in [-0.15, -0.1) is 0 Å². The van der Waals surface area contributed by atoms with E-state index in [2.05, 4.69) is 24.2 Å². The Bertz CT molecular complexity index is 372. The molecule has 0 aromatic heterocycles. The van der Waals surface area contributed by atoms with E-state index >= 15 is 0 Å². The Morgan fingerprint density at radius 1 is 1.26 bits per heavy atom. The van der Waals surface area contributed by atoms with E-state index in [-0.39, 0.29) is 5.91 Å². The molecule has 1 saturated carbocycles. The molecular weight excluding hydrogens is 238 g/mol. The van der Waals surface area contributed by atoms with Crippen molar-refractivity contribution in [2.75, 3.05) is 13.2 Å². The Morgan fingerprint density at radius 2 is 1.84 bits per heavy atom. The van der Waals surface area contributed by atoms with Crippen LogP contribution >= 0.6 is 0 Å². The van der Waals surface area contributed by atoms with E-state index < -0.39 is 0 Å². The van der Waals surface area contributed by atoms with Crippen LogP contribution in [0.1, 0.15) is 39.5 Å². The Labute approximate surface area is 116 Å². The van der Waals surface area contributed by atoms with Gasteiger partial charge in [0, 0.05) is 13.5 Å². The first-order valence-corrected chi connectivity index (χ1v) is 6.96. The quantitative estimate of drug-likeness (QED) is 0.454. The SMILES string of the molecule is C=C=C(OCC1CCC(CNC(C)=O)CC1)C(=C)C. The highest BCUT2D eigenvalue weighted by Gasteiger charge is 2.21. The molecule has 1 amide bonds. The van der Waals surface area contributed by atoms with Crippen molar-refractivity contribution in [2.24, 2.45) is 11.8 Å². The van der Waals surface area contributed by atoms with E-state index in [1.54, 1.807) is 6.92 Å². The van der Waals surface area contributed by atoms with Crippen molar-refractivity contribution < 1.29 is 9.53 Å². The summed E-state index contributed by atoms with van der Waals surface area (Å²) in [7, 11) is 0. The normalized spacial score (nSPS) is 22.2. The van der Waals surface area contributed by atoms with Gasteiger partial charge in [0.2, 0.25) is 5.91 Å². The summed E-state index contributed by atoms with van der Waals surface area (Å²) >= 11 is 0. The van der Waals surface area contributed by atoms with E-state index in [1.165, 1.54) is 0 Å². The molecule has 0 bridgehead atoms. The van der Waals surface area contributed by atoms with Crippen molar-refractivity contribution in [1.29, 1.82) is 0 Å². The van der Waals surface area contributed by atoms with Gasteiger partial charge in [-0.1, -0.05) is 18.9 Å². The number of hydrogen-bond donors (Lipinski definition) is 1. The third kappa shape index (κ3) is 5.80. The van der Waals surface area contributed by atoms with Crippen molar-refractivity contribution in [3.8, 4) is 0 Å². The van der Waals surface area contributed by atoms with Gasteiger partial charge in [-0.3, -0.25) is 4.79 Å². The number of ether oxygens (including phenoxy) is 1. The zero-order valence-corrected chi connectivity index (χ0v) is 12.1. The second-order valence-corrected chi connectivity index (χ2v) is 5.42. The molecule has 106 valence electrons. The van der Waals surface area contributed by atoms with Gasteiger partial charge in [0.1, 0.15) is 0 Å². The number of carbonyl (C=O) groups is 1. The number of rotatable bonds is 6. The molecule has 0 aromatic carbocycles. The molecule has 1 aliphatic rings. The molecule has 0 heterocycles. The average molecular weight is 263 g/mol. The molecule has 0 unspecified atom stereocenters. The van der Waals surface area contributed by atoms with Crippen LogP contribution < -0.4 is 5.32 Å². The summed E-state index contributed by atoms with van der Waals surface area (Å²) in [5.74, 6) is 1.96. The lowest BCUT2D eigenvalue weighted by Gasteiger charge is -2.28. The van der Waals surface area contributed by atoms with Crippen LogP contribution in [0.15, 0.2) is 30.2 Å². The Balaban J connectivity index is 2.25. The monoisotopic (exact) mass is 263 g/mol. The van der Waals surface area contributed by atoms with Crippen LogP contribution in [0, 0.1) is 11.8 Å². The molecule has 3 nitrogen and oxygen atoms in total. The maximum Gasteiger partial charge on any atom is 0.216 e. The fraction of sp³-hybridized carbons (Fsp3) is 0.625. The zero-order chi connectivity index (χ0) is 14.3. The van der Waals surface area contributed by atoms with Gasteiger partial charge in [-0.2, -0.15) is 0 Å². The van der Waals surface area contributed by atoms with Crippen LogP contribution in [0.3, 0.4) is 0 Å². The fourth-order valence-corrected chi connectivity index (χ4v) is 2.42. The lowest BCUT2D eigenvalue weighted by molar-refractivity contribution is -0.119. The molecular formula is C16H25NO2. The maximum atomic E-state index is 10.9. The Kier molecular flexibility index (Phi) is 6.44. The Morgan fingerprint density at radius 3 is 2.32 bits per heavy atom. The minimum absolute atomic E-state index is 0.0627. The van der Waals surface area contributed by atoms with Crippen LogP contribution in [0.5, 0.6) is 0 Å². The van der Waals surface area contributed by atoms with E-state index in [9.17, 15) is 4.79 Å². The number of nitrogens with one attached hydrogen (secondary N) is 1. The molecule has 0 radical (unpaired) electrons. The van der Waals surface area contributed by atoms with E-state index in [0.29, 0.717) is 17.6 Å². The standard InChI is InChI=1S/C16H25NO2/c1-5-16(12(2)3)19-11-15-8-6-14(7-9-15)10-17-13(4)18/h14-15H,1-2,6-11H2,3-4H3,(H,17,18). The fourth-order valence-electron chi connectivity index (χ4n) is 2.42. The summed E-state index contributed by atoms with van der Waals surface area (Å²) in [6.45, 7) is 12.5. The van der Waals surface area contributed by atoms with Gasteiger partial charge >= 0.3 is 0 Å². The summed E-state index contributed by atoms with van der Waals surface area (Å²) in [6.07, 6.45) is 4.64. The van der Waals surface area contributed by atoms with Crippen LogP contribution in [-0.4, -0.2) is 19.1 Å². The zero-order valence-electron chi connectivity index (χ0n) is 12.1. The third-order valence-electron chi connectivity index (χ3n) is 3.62. The van der Waals surface area contributed by atoms with Crippen molar-refractivity contribution in [3.05, 3.63) is 30.2 Å². The lowest BCUT2D eigenvalue weighted by atomic mass is 9.82. The van der Waals surface area contributed by atoms with Crippen molar-refractivity contribution in [3.63, 3.8) is 0 Å². The predicted molar refractivity (Wildman–Crippen MR) is 77.6 cm³/mol. The van der Waals surface area contributed by atoms with Crippen LogP contribution in [0.2, 0.25) is 0 Å². The van der Waals surface area contributed by atoms with Crippen molar-refractivity contribution in [1.82, 2.24) is 5.32 Å². The molecule has 0 aliphatic heterocycles. The van der Waals surface area contributed by atoms with Crippen LogP contribution in [0.4, 0.5) is 0 Å². The number of hydrogen-bond acceptors (Lipinski definition) is 2. The van der Waals surface area contributed by atoms with Crippen LogP contribution in [0.25, 0.3) is 0 Å². The number of allylic oxidation sites excluding steroid dienone is 1. The van der Waals surface area contributed by atoms with Crippen molar-refractivity contribution >= 4 is 5.91 Å². The molecule has 1 aliphatic carbocycles. The lowest BCUT2D eigenvalue weighted by Crippen LogP contribution is -2.30. The average Bonchev–Trinajstić information content (AvgIpc) is 2.38. The molecule has 0 atom stereocenters. The largest absolute Gasteiger partial charge is 0.486 e. The highest BCUT2D eigenvalue weighted by atomic mass is 16.5. The molecule has 0 aromatic rings. The number of carbonyl (C=O) groups excluding carboxylic acids is 1. The van der Waals surface area contributed by atoms with Crippen LogP contribution in [-0.2, 0) is 9.53 Å². The highest BCUT2D eigenvalue weighted by Crippen LogP contribution is 2.29. The first-order chi connectivity index (χ1) is 9.02. The second kappa shape index (κ2) is 7.85. The second-order valence-electron chi connectivity index (χ2n) is 5.42. The molecule has 1 fully saturated rings. The topological polar surface area (TPSA) is 38.3 Å². The first-order valence-electron chi connectivity index (χ1n) is 6.96. The third-order valence-corrected chi connectivity index (χ3v) is 3.62. The minimum Gasteiger partial charge on any atom is -0.486 e. The Hall–Kier alpha value is -1.47. The van der Waals surface area contributed by atoms with E-state index in [4.69, 9.17) is 4.74 Å². The van der Waals surface area contributed by atoms with E-state index in [1.807, 2.05) is 6.92 Å². The van der Waals surface area contributed by atoms with Gasteiger partial charge in [0.15, 0.2) is 5.76 Å². The van der Waals surface area contributed by atoms with E-state index in [0.717, 1.165) is 44.4 Å². The molecule has 0 spiro atoms. The first kappa shape index (κ1) is 15.6. The summed E-state index contributed by atoms with van der Waals surface area (Å²) in [4.78, 5) is 10.9. The number of amides is 1. The molecule has 0 saturated heterocycles. The molecule has 1 rings (SSSR count).